The van der Waals surface area contributed by atoms with Crippen molar-refractivity contribution in [2.75, 3.05) is 19.7 Å². The number of likely N-dealkylation sites (tertiary alicyclic amines) is 1. The SMILES string of the molecule is O=C(c1cccc2[nH]c(=O)oc12)N1CCC(CO)(Cc2ccc(F)cc2)C1. The Labute approximate surface area is 154 Å². The van der Waals surface area contributed by atoms with Gasteiger partial charge < -0.3 is 14.4 Å². The smallest absolute Gasteiger partial charge is 0.407 e. The average molecular weight is 370 g/mol. The fraction of sp³-hybridized carbons (Fsp3) is 0.300. The summed E-state index contributed by atoms with van der Waals surface area (Å²) in [5, 5.41) is 10.0. The normalized spacial score (nSPS) is 19.7. The van der Waals surface area contributed by atoms with Crippen molar-refractivity contribution in [2.45, 2.75) is 12.8 Å². The second-order valence-corrected chi connectivity index (χ2v) is 7.13. The summed E-state index contributed by atoms with van der Waals surface area (Å²) in [5.74, 6) is -1.15. The lowest BCUT2D eigenvalue weighted by atomic mass is 9.81. The first-order chi connectivity index (χ1) is 13.0. The summed E-state index contributed by atoms with van der Waals surface area (Å²) in [7, 11) is 0. The molecule has 1 aliphatic rings. The molecule has 1 atom stereocenters. The van der Waals surface area contributed by atoms with E-state index in [1.165, 1.54) is 12.1 Å². The highest BCUT2D eigenvalue weighted by Crippen LogP contribution is 2.35. The number of halogens is 1. The van der Waals surface area contributed by atoms with Crippen LogP contribution in [-0.2, 0) is 6.42 Å². The Bertz CT molecular complexity index is 1040. The first-order valence-electron chi connectivity index (χ1n) is 8.76. The van der Waals surface area contributed by atoms with E-state index >= 15 is 0 Å². The van der Waals surface area contributed by atoms with Gasteiger partial charge in [0, 0.05) is 18.5 Å². The minimum atomic E-state index is -0.604. The Hall–Kier alpha value is -2.93. The number of hydrogen-bond donors (Lipinski definition) is 2. The van der Waals surface area contributed by atoms with Gasteiger partial charge in [0.05, 0.1) is 17.7 Å². The third-order valence-corrected chi connectivity index (χ3v) is 5.23. The molecule has 27 heavy (non-hydrogen) atoms. The minimum absolute atomic E-state index is 0.0718. The Kier molecular flexibility index (Phi) is 4.31. The quantitative estimate of drug-likeness (QED) is 0.738. The number of aromatic amines is 1. The van der Waals surface area contributed by atoms with Gasteiger partial charge in [0.15, 0.2) is 5.58 Å². The lowest BCUT2D eigenvalue weighted by molar-refractivity contribution is 0.0740. The number of benzene rings is 2. The molecule has 3 aromatic rings. The van der Waals surface area contributed by atoms with E-state index in [-0.39, 0.29) is 23.9 Å². The first-order valence-corrected chi connectivity index (χ1v) is 8.76. The van der Waals surface area contributed by atoms with E-state index in [9.17, 15) is 19.1 Å². The summed E-state index contributed by atoms with van der Waals surface area (Å²) in [6.45, 7) is 0.800. The average Bonchev–Trinajstić information content (AvgIpc) is 3.26. The molecular formula is C20H19FN2O4. The number of H-pyrrole nitrogens is 1. The third kappa shape index (κ3) is 3.26. The van der Waals surface area contributed by atoms with Gasteiger partial charge in [0.2, 0.25) is 0 Å². The van der Waals surface area contributed by atoms with Crippen LogP contribution in [0.25, 0.3) is 11.1 Å². The molecule has 2 N–H and O–H groups in total. The largest absolute Gasteiger partial charge is 0.417 e. The van der Waals surface area contributed by atoms with Crippen molar-refractivity contribution in [3.05, 3.63) is 70.0 Å². The van der Waals surface area contributed by atoms with Crippen LogP contribution in [0.5, 0.6) is 0 Å². The van der Waals surface area contributed by atoms with Crippen LogP contribution < -0.4 is 5.76 Å². The summed E-state index contributed by atoms with van der Waals surface area (Å²) in [6.07, 6.45) is 1.19. The molecule has 6 nitrogen and oxygen atoms in total. The van der Waals surface area contributed by atoms with E-state index < -0.39 is 11.2 Å². The van der Waals surface area contributed by atoms with Gasteiger partial charge in [-0.15, -0.1) is 0 Å². The van der Waals surface area contributed by atoms with Crippen LogP contribution in [0.15, 0.2) is 51.7 Å². The van der Waals surface area contributed by atoms with Crippen LogP contribution in [0.2, 0.25) is 0 Å². The van der Waals surface area contributed by atoms with E-state index in [0.29, 0.717) is 37.0 Å². The summed E-state index contributed by atoms with van der Waals surface area (Å²) < 4.78 is 18.2. The monoisotopic (exact) mass is 370 g/mol. The maximum absolute atomic E-state index is 13.1. The van der Waals surface area contributed by atoms with Crippen molar-refractivity contribution in [3.8, 4) is 0 Å². The van der Waals surface area contributed by atoms with Crippen molar-refractivity contribution in [1.29, 1.82) is 0 Å². The molecule has 4 rings (SSSR count). The van der Waals surface area contributed by atoms with E-state index in [4.69, 9.17) is 4.42 Å². The molecule has 140 valence electrons. The summed E-state index contributed by atoms with van der Waals surface area (Å²) >= 11 is 0. The number of aromatic nitrogens is 1. The number of fused-ring (bicyclic) bond motifs is 1. The number of hydrogen-bond acceptors (Lipinski definition) is 4. The fourth-order valence-corrected chi connectivity index (χ4v) is 3.79. The molecule has 1 aliphatic heterocycles. The zero-order chi connectivity index (χ0) is 19.0. The number of aliphatic hydroxyl groups excluding tert-OH is 1. The van der Waals surface area contributed by atoms with Crippen molar-refractivity contribution in [2.24, 2.45) is 5.41 Å². The number of amides is 1. The zero-order valence-corrected chi connectivity index (χ0v) is 14.6. The molecule has 0 aliphatic carbocycles. The standard InChI is InChI=1S/C20H19FN2O4/c21-14-6-4-13(5-7-14)10-20(12-24)8-9-23(11-20)18(25)15-2-1-3-16-17(15)27-19(26)22-16/h1-7,24H,8-12H2,(H,22,26). The van der Waals surface area contributed by atoms with Gasteiger partial charge in [-0.05, 0) is 42.7 Å². The van der Waals surface area contributed by atoms with Crippen LogP contribution in [0.3, 0.4) is 0 Å². The van der Waals surface area contributed by atoms with Gasteiger partial charge >= 0.3 is 5.76 Å². The minimum Gasteiger partial charge on any atom is -0.407 e. The molecule has 0 spiro atoms. The number of para-hydroxylation sites is 1. The second-order valence-electron chi connectivity index (χ2n) is 7.13. The highest BCUT2D eigenvalue weighted by Gasteiger charge is 2.40. The Morgan fingerprint density at radius 1 is 1.26 bits per heavy atom. The van der Waals surface area contributed by atoms with Gasteiger partial charge in [0.25, 0.3) is 5.91 Å². The van der Waals surface area contributed by atoms with E-state index in [2.05, 4.69) is 4.98 Å². The Morgan fingerprint density at radius 3 is 2.78 bits per heavy atom. The predicted octanol–water partition coefficient (Wildman–Crippen LogP) is 2.33. The molecule has 2 heterocycles. The summed E-state index contributed by atoms with van der Waals surface area (Å²) in [5.41, 5.74) is 1.48. The van der Waals surface area contributed by atoms with Gasteiger partial charge in [0.1, 0.15) is 5.82 Å². The number of nitrogens with one attached hydrogen (secondary N) is 1. The van der Waals surface area contributed by atoms with Crippen LogP contribution in [0, 0.1) is 11.2 Å². The fourth-order valence-electron chi connectivity index (χ4n) is 3.79. The molecule has 2 aromatic carbocycles. The number of carbonyl (C=O) groups excluding carboxylic acids is 1. The highest BCUT2D eigenvalue weighted by atomic mass is 19.1. The predicted molar refractivity (Wildman–Crippen MR) is 97.0 cm³/mol. The molecule has 1 saturated heterocycles. The second kappa shape index (κ2) is 6.66. The number of carbonyl (C=O) groups is 1. The van der Waals surface area contributed by atoms with Gasteiger partial charge in [-0.3, -0.25) is 9.78 Å². The Balaban J connectivity index is 1.57. The Morgan fingerprint density at radius 2 is 2.04 bits per heavy atom. The molecule has 0 radical (unpaired) electrons. The van der Waals surface area contributed by atoms with E-state index in [0.717, 1.165) is 5.56 Å². The van der Waals surface area contributed by atoms with Crippen molar-refractivity contribution in [3.63, 3.8) is 0 Å². The van der Waals surface area contributed by atoms with E-state index in [1.807, 2.05) is 0 Å². The number of rotatable bonds is 4. The number of oxazole rings is 1. The molecule has 1 fully saturated rings. The molecule has 1 amide bonds. The zero-order valence-electron chi connectivity index (χ0n) is 14.6. The topological polar surface area (TPSA) is 86.5 Å². The lowest BCUT2D eigenvalue weighted by Crippen LogP contribution is -2.35. The first kappa shape index (κ1) is 17.5. The number of nitrogens with zero attached hydrogens (tertiary/aromatic N) is 1. The van der Waals surface area contributed by atoms with Crippen LogP contribution >= 0.6 is 0 Å². The van der Waals surface area contributed by atoms with Gasteiger partial charge in [-0.1, -0.05) is 18.2 Å². The maximum Gasteiger partial charge on any atom is 0.417 e. The molecular weight excluding hydrogens is 351 g/mol. The van der Waals surface area contributed by atoms with Crippen molar-refractivity contribution in [1.82, 2.24) is 9.88 Å². The summed E-state index contributed by atoms with van der Waals surface area (Å²) in [6, 6.07) is 11.2. The van der Waals surface area contributed by atoms with Crippen LogP contribution in [0.4, 0.5) is 4.39 Å². The van der Waals surface area contributed by atoms with E-state index in [1.54, 1.807) is 35.2 Å². The molecule has 1 unspecified atom stereocenters. The maximum atomic E-state index is 13.1. The van der Waals surface area contributed by atoms with Crippen LogP contribution in [0.1, 0.15) is 22.3 Å². The molecule has 1 aromatic heterocycles. The summed E-state index contributed by atoms with van der Waals surface area (Å²) in [4.78, 5) is 28.7. The van der Waals surface area contributed by atoms with Crippen molar-refractivity contribution < 1.29 is 18.7 Å². The number of aliphatic hydroxyl groups is 1. The van der Waals surface area contributed by atoms with Crippen molar-refractivity contribution >= 4 is 17.0 Å². The molecule has 0 saturated carbocycles. The molecule has 7 heteroatoms. The van der Waals surface area contributed by atoms with Gasteiger partial charge in [-0.2, -0.15) is 0 Å². The van der Waals surface area contributed by atoms with Crippen LogP contribution in [-0.4, -0.2) is 40.6 Å². The third-order valence-electron chi connectivity index (χ3n) is 5.23. The van der Waals surface area contributed by atoms with Gasteiger partial charge in [-0.25, -0.2) is 9.18 Å². The molecule has 0 bridgehead atoms. The lowest BCUT2D eigenvalue weighted by Gasteiger charge is -2.27. The highest BCUT2D eigenvalue weighted by molar-refractivity contribution is 6.04.